The maximum atomic E-state index is 12.5. The zero-order valence-electron chi connectivity index (χ0n) is 21.0. The van der Waals surface area contributed by atoms with Crippen LogP contribution in [0.25, 0.3) is 5.65 Å². The summed E-state index contributed by atoms with van der Waals surface area (Å²) in [7, 11) is 0. The highest BCUT2D eigenvalue weighted by Gasteiger charge is 2.22. The van der Waals surface area contributed by atoms with Crippen molar-refractivity contribution in [3.8, 4) is 11.8 Å². The Kier molecular flexibility index (Phi) is 7.95. The molecule has 0 aromatic carbocycles. The molecule has 0 saturated carbocycles. The molecular weight excluding hydrogens is 440 g/mol. The van der Waals surface area contributed by atoms with Crippen LogP contribution in [0.5, 0.6) is 0 Å². The lowest BCUT2D eigenvalue weighted by molar-refractivity contribution is 0.0948. The van der Waals surface area contributed by atoms with Gasteiger partial charge in [-0.25, -0.2) is 9.50 Å². The van der Waals surface area contributed by atoms with Crippen LogP contribution in [0.1, 0.15) is 49.3 Å². The fourth-order valence-corrected chi connectivity index (χ4v) is 4.37. The molecule has 3 aromatic heterocycles. The average molecular weight is 475 g/mol. The van der Waals surface area contributed by atoms with E-state index in [1.54, 1.807) is 29.2 Å². The van der Waals surface area contributed by atoms with Crippen molar-refractivity contribution in [1.82, 2.24) is 35.1 Å². The van der Waals surface area contributed by atoms with Crippen LogP contribution in [0.2, 0.25) is 0 Å². The molecule has 1 fully saturated rings. The maximum absolute atomic E-state index is 12.5. The van der Waals surface area contributed by atoms with E-state index in [0.717, 1.165) is 44.2 Å². The molecule has 35 heavy (non-hydrogen) atoms. The fourth-order valence-electron chi connectivity index (χ4n) is 4.37. The van der Waals surface area contributed by atoms with Crippen molar-refractivity contribution in [3.63, 3.8) is 0 Å². The quantitative estimate of drug-likeness (QED) is 0.505. The Morgan fingerprint density at radius 3 is 2.66 bits per heavy atom. The van der Waals surface area contributed by atoms with Crippen LogP contribution in [0.4, 0.5) is 5.82 Å². The highest BCUT2D eigenvalue weighted by atomic mass is 16.1. The molecule has 1 aliphatic rings. The number of aromatic nitrogens is 4. The molecule has 0 unspecified atom stereocenters. The van der Waals surface area contributed by atoms with Gasteiger partial charge in [0.15, 0.2) is 5.65 Å². The third kappa shape index (κ3) is 6.15. The summed E-state index contributed by atoms with van der Waals surface area (Å²) in [4.78, 5) is 25.7. The molecule has 1 saturated heterocycles. The number of fused-ring (bicyclic) bond motifs is 1. The van der Waals surface area contributed by atoms with E-state index in [9.17, 15) is 4.79 Å². The first-order valence-electron chi connectivity index (χ1n) is 12.3. The third-order valence-electron chi connectivity index (χ3n) is 6.17. The molecule has 184 valence electrons. The first-order chi connectivity index (χ1) is 17.0. The number of hydrogen-bond acceptors (Lipinski definition) is 7. The molecule has 1 aliphatic heterocycles. The summed E-state index contributed by atoms with van der Waals surface area (Å²) in [6.45, 7) is 13.7. The number of rotatable bonds is 7. The van der Waals surface area contributed by atoms with Crippen LogP contribution in [0.15, 0.2) is 36.8 Å². The summed E-state index contributed by atoms with van der Waals surface area (Å²) in [5, 5.41) is 11.3. The molecule has 2 atom stereocenters. The van der Waals surface area contributed by atoms with Gasteiger partial charge in [0.1, 0.15) is 11.5 Å². The van der Waals surface area contributed by atoms with Crippen molar-refractivity contribution in [2.45, 2.75) is 39.8 Å². The SMILES string of the molecule is CCN(CC)CCNC(=O)c1cncc(C#Cc2cnc3ccc(N4C[C@@H](C)N[C@@H](C)C4)nn23)c1. The van der Waals surface area contributed by atoms with Crippen LogP contribution >= 0.6 is 0 Å². The smallest absolute Gasteiger partial charge is 0.252 e. The summed E-state index contributed by atoms with van der Waals surface area (Å²) < 4.78 is 1.77. The van der Waals surface area contributed by atoms with E-state index in [4.69, 9.17) is 5.10 Å². The van der Waals surface area contributed by atoms with Gasteiger partial charge in [0.05, 0.1) is 11.8 Å². The normalized spacial score (nSPS) is 17.9. The van der Waals surface area contributed by atoms with Gasteiger partial charge in [-0.15, -0.1) is 5.10 Å². The average Bonchev–Trinajstić information content (AvgIpc) is 3.27. The fraction of sp³-hybridized carbons (Fsp3) is 0.462. The minimum atomic E-state index is -0.145. The number of amides is 1. The Morgan fingerprint density at radius 2 is 1.91 bits per heavy atom. The highest BCUT2D eigenvalue weighted by molar-refractivity contribution is 5.94. The number of likely N-dealkylation sites (N-methyl/N-ethyl adjacent to an activating group) is 1. The predicted octanol–water partition coefficient (Wildman–Crippen LogP) is 1.78. The van der Waals surface area contributed by atoms with Crippen molar-refractivity contribution >= 4 is 17.4 Å². The van der Waals surface area contributed by atoms with Crippen LogP contribution in [0, 0.1) is 11.8 Å². The maximum Gasteiger partial charge on any atom is 0.252 e. The van der Waals surface area contributed by atoms with E-state index in [2.05, 4.69) is 69.9 Å². The Labute approximate surface area is 206 Å². The number of nitrogens with zero attached hydrogens (tertiary/aromatic N) is 6. The van der Waals surface area contributed by atoms with Gasteiger partial charge in [0.2, 0.25) is 0 Å². The van der Waals surface area contributed by atoms with Gasteiger partial charge in [-0.3, -0.25) is 9.78 Å². The van der Waals surface area contributed by atoms with Gasteiger partial charge in [0, 0.05) is 56.2 Å². The molecule has 0 spiro atoms. The number of piperazine rings is 1. The summed E-state index contributed by atoms with van der Waals surface area (Å²) in [6, 6.07) is 6.53. The highest BCUT2D eigenvalue weighted by Crippen LogP contribution is 2.16. The zero-order valence-corrected chi connectivity index (χ0v) is 21.0. The summed E-state index contributed by atoms with van der Waals surface area (Å²) in [5.74, 6) is 7.03. The van der Waals surface area contributed by atoms with Gasteiger partial charge in [0.25, 0.3) is 5.91 Å². The third-order valence-corrected chi connectivity index (χ3v) is 6.17. The molecule has 3 aromatic rings. The van der Waals surface area contributed by atoms with Crippen molar-refractivity contribution in [2.75, 3.05) is 44.2 Å². The molecular formula is C26H34N8O. The minimum absolute atomic E-state index is 0.145. The summed E-state index contributed by atoms with van der Waals surface area (Å²) in [5.41, 5.74) is 2.59. The predicted molar refractivity (Wildman–Crippen MR) is 138 cm³/mol. The minimum Gasteiger partial charge on any atom is -0.352 e. The monoisotopic (exact) mass is 474 g/mol. The topological polar surface area (TPSA) is 90.7 Å². The summed E-state index contributed by atoms with van der Waals surface area (Å²) in [6.07, 6.45) is 4.94. The van der Waals surface area contributed by atoms with Crippen molar-refractivity contribution in [2.24, 2.45) is 0 Å². The lowest BCUT2D eigenvalue weighted by Crippen LogP contribution is -2.54. The Bertz CT molecular complexity index is 1210. The van der Waals surface area contributed by atoms with Crippen molar-refractivity contribution in [1.29, 1.82) is 0 Å². The molecule has 9 heteroatoms. The van der Waals surface area contributed by atoms with Crippen molar-refractivity contribution in [3.05, 3.63) is 53.6 Å². The number of imidazole rings is 1. The Hall–Kier alpha value is -3.48. The van der Waals surface area contributed by atoms with E-state index in [0.29, 0.717) is 35.4 Å². The second kappa shape index (κ2) is 11.3. The van der Waals surface area contributed by atoms with Crippen molar-refractivity contribution < 1.29 is 4.79 Å². The van der Waals surface area contributed by atoms with E-state index in [-0.39, 0.29) is 5.91 Å². The van der Waals surface area contributed by atoms with Gasteiger partial charge in [-0.1, -0.05) is 19.8 Å². The molecule has 1 amide bonds. The largest absolute Gasteiger partial charge is 0.352 e. The second-order valence-corrected chi connectivity index (χ2v) is 8.97. The van der Waals surface area contributed by atoms with E-state index in [1.165, 1.54) is 0 Å². The lowest BCUT2D eigenvalue weighted by atomic mass is 10.1. The number of carbonyl (C=O) groups is 1. The van der Waals surface area contributed by atoms with Crippen LogP contribution in [-0.4, -0.2) is 81.7 Å². The summed E-state index contributed by atoms with van der Waals surface area (Å²) >= 11 is 0. The Morgan fingerprint density at radius 1 is 1.14 bits per heavy atom. The molecule has 4 rings (SSSR count). The first kappa shape index (κ1) is 24.6. The first-order valence-corrected chi connectivity index (χ1v) is 12.3. The molecule has 0 aliphatic carbocycles. The lowest BCUT2D eigenvalue weighted by Gasteiger charge is -2.36. The number of nitrogens with one attached hydrogen (secondary N) is 2. The van der Waals surface area contributed by atoms with Gasteiger partial charge in [-0.2, -0.15) is 0 Å². The molecule has 9 nitrogen and oxygen atoms in total. The number of anilines is 1. The van der Waals surface area contributed by atoms with Crippen LogP contribution in [0.3, 0.4) is 0 Å². The van der Waals surface area contributed by atoms with Crippen LogP contribution < -0.4 is 15.5 Å². The van der Waals surface area contributed by atoms with E-state index in [1.807, 2.05) is 12.1 Å². The van der Waals surface area contributed by atoms with Crippen LogP contribution in [-0.2, 0) is 0 Å². The van der Waals surface area contributed by atoms with Gasteiger partial charge in [-0.05, 0) is 51.1 Å². The molecule has 4 heterocycles. The number of hydrogen-bond donors (Lipinski definition) is 2. The number of pyridine rings is 1. The van der Waals surface area contributed by atoms with Gasteiger partial charge < -0.3 is 20.4 Å². The molecule has 0 bridgehead atoms. The number of carbonyl (C=O) groups excluding carboxylic acids is 1. The Balaban J connectivity index is 1.48. The van der Waals surface area contributed by atoms with Gasteiger partial charge >= 0.3 is 0 Å². The van der Waals surface area contributed by atoms with E-state index >= 15 is 0 Å². The zero-order chi connectivity index (χ0) is 24.8. The van der Waals surface area contributed by atoms with E-state index < -0.39 is 0 Å². The second-order valence-electron chi connectivity index (χ2n) is 8.97. The molecule has 0 radical (unpaired) electrons. The molecule has 2 N–H and O–H groups in total. The standard InChI is InChI=1S/C26H34N8O/c1-5-32(6-2)12-11-28-26(35)22-13-21(14-27-15-22)7-8-23-16-29-24-9-10-25(31-34(23)24)33-17-19(3)30-20(4)18-33/h9-10,13-16,19-20,30H,5-6,11-12,17-18H2,1-4H3,(H,28,35)/t19-,20+.